The van der Waals surface area contributed by atoms with E-state index in [9.17, 15) is 0 Å². The number of hydrogen-bond donors (Lipinski definition) is 1. The van der Waals surface area contributed by atoms with Gasteiger partial charge < -0.3 is 4.90 Å². The molecule has 1 aliphatic rings. The predicted molar refractivity (Wildman–Crippen MR) is 57.2 cm³/mol. The van der Waals surface area contributed by atoms with Crippen LogP contribution in [-0.2, 0) is 0 Å². The van der Waals surface area contributed by atoms with Gasteiger partial charge in [-0.15, -0.1) is 0 Å². The van der Waals surface area contributed by atoms with E-state index in [2.05, 4.69) is 18.7 Å². The van der Waals surface area contributed by atoms with Crippen LogP contribution in [-0.4, -0.2) is 23.3 Å². The highest BCUT2D eigenvalue weighted by Crippen LogP contribution is 2.24. The van der Waals surface area contributed by atoms with Crippen molar-refractivity contribution in [3.63, 3.8) is 0 Å². The Hall–Kier alpha value is -0.530. The second-order valence-corrected chi connectivity index (χ2v) is 4.57. The van der Waals surface area contributed by atoms with E-state index in [4.69, 9.17) is 5.41 Å². The van der Waals surface area contributed by atoms with E-state index in [0.717, 1.165) is 12.4 Å². The van der Waals surface area contributed by atoms with Gasteiger partial charge in [-0.05, 0) is 25.7 Å². The summed E-state index contributed by atoms with van der Waals surface area (Å²) in [6, 6.07) is 0.667. The van der Waals surface area contributed by atoms with E-state index >= 15 is 0 Å². The summed E-state index contributed by atoms with van der Waals surface area (Å²) in [6.45, 7) is 7.43. The topological polar surface area (TPSA) is 27.1 Å². The van der Waals surface area contributed by atoms with Gasteiger partial charge in [0.2, 0.25) is 0 Å². The molecule has 1 rings (SSSR count). The van der Waals surface area contributed by atoms with Crippen LogP contribution in [0, 0.1) is 11.3 Å². The lowest BCUT2D eigenvalue weighted by atomic mass is 10.1. The van der Waals surface area contributed by atoms with Gasteiger partial charge in [-0.3, -0.25) is 5.41 Å². The first kappa shape index (κ1) is 10.6. The fourth-order valence-corrected chi connectivity index (χ4v) is 2.17. The maximum Gasteiger partial charge on any atom is 0.0928 e. The number of nitrogens with zero attached hydrogens (tertiary/aromatic N) is 1. The van der Waals surface area contributed by atoms with Crippen molar-refractivity contribution in [1.82, 2.24) is 4.90 Å². The summed E-state index contributed by atoms with van der Waals surface area (Å²) in [5.74, 6) is 1.42. The SMILES string of the molecule is CC(=N)N(CC(C)C)C1CCCC1. The lowest BCUT2D eigenvalue weighted by Crippen LogP contribution is -2.39. The maximum absolute atomic E-state index is 7.74. The fourth-order valence-electron chi connectivity index (χ4n) is 2.17. The molecule has 0 spiro atoms. The summed E-state index contributed by atoms with van der Waals surface area (Å²) < 4.78 is 0. The van der Waals surface area contributed by atoms with Crippen LogP contribution in [0.25, 0.3) is 0 Å². The van der Waals surface area contributed by atoms with Crippen LogP contribution in [0.2, 0.25) is 0 Å². The van der Waals surface area contributed by atoms with Gasteiger partial charge >= 0.3 is 0 Å². The molecule has 1 N–H and O–H groups in total. The normalized spacial score (nSPS) is 18.2. The second kappa shape index (κ2) is 4.64. The molecule has 0 aromatic carbocycles. The Labute approximate surface area is 81.8 Å². The summed E-state index contributed by atoms with van der Waals surface area (Å²) in [6.07, 6.45) is 5.30. The summed E-state index contributed by atoms with van der Waals surface area (Å²) in [5.41, 5.74) is 0. The van der Waals surface area contributed by atoms with Crippen molar-refractivity contribution in [3.8, 4) is 0 Å². The largest absolute Gasteiger partial charge is 0.358 e. The Morgan fingerprint density at radius 1 is 1.38 bits per heavy atom. The van der Waals surface area contributed by atoms with Crippen LogP contribution in [0.3, 0.4) is 0 Å². The first-order valence-electron chi connectivity index (χ1n) is 5.43. The molecular weight excluding hydrogens is 160 g/mol. The Balaban J connectivity index is 2.50. The van der Waals surface area contributed by atoms with Crippen molar-refractivity contribution in [3.05, 3.63) is 0 Å². The Kier molecular flexibility index (Phi) is 3.76. The molecule has 0 heterocycles. The van der Waals surface area contributed by atoms with Crippen LogP contribution in [0.1, 0.15) is 46.5 Å². The number of nitrogens with one attached hydrogen (secondary N) is 1. The molecule has 0 aromatic rings. The molecule has 1 saturated carbocycles. The predicted octanol–water partition coefficient (Wildman–Crippen LogP) is 2.88. The van der Waals surface area contributed by atoms with Gasteiger partial charge in [-0.25, -0.2) is 0 Å². The molecule has 2 heteroatoms. The van der Waals surface area contributed by atoms with Crippen molar-refractivity contribution in [2.45, 2.75) is 52.5 Å². The molecule has 0 bridgehead atoms. The van der Waals surface area contributed by atoms with Crippen LogP contribution in [0.5, 0.6) is 0 Å². The van der Waals surface area contributed by atoms with Crippen molar-refractivity contribution in [1.29, 1.82) is 5.41 Å². The van der Waals surface area contributed by atoms with E-state index in [0.29, 0.717) is 12.0 Å². The van der Waals surface area contributed by atoms with Crippen LogP contribution < -0.4 is 0 Å². The van der Waals surface area contributed by atoms with Crippen molar-refractivity contribution in [2.75, 3.05) is 6.54 Å². The Morgan fingerprint density at radius 3 is 2.31 bits per heavy atom. The molecule has 1 fully saturated rings. The second-order valence-electron chi connectivity index (χ2n) is 4.57. The fraction of sp³-hybridized carbons (Fsp3) is 0.909. The van der Waals surface area contributed by atoms with Gasteiger partial charge in [0.1, 0.15) is 0 Å². The molecule has 0 saturated heterocycles. The van der Waals surface area contributed by atoms with Crippen LogP contribution in [0.4, 0.5) is 0 Å². The Bertz CT molecular complexity index is 169. The summed E-state index contributed by atoms with van der Waals surface area (Å²) >= 11 is 0. The van der Waals surface area contributed by atoms with Crippen LogP contribution in [0.15, 0.2) is 0 Å². The monoisotopic (exact) mass is 182 g/mol. The van der Waals surface area contributed by atoms with Gasteiger partial charge in [-0.1, -0.05) is 26.7 Å². The summed E-state index contributed by atoms with van der Waals surface area (Å²) in [4.78, 5) is 2.29. The first-order valence-corrected chi connectivity index (χ1v) is 5.43. The van der Waals surface area contributed by atoms with Gasteiger partial charge in [0, 0.05) is 12.6 Å². The smallest absolute Gasteiger partial charge is 0.0928 e. The molecule has 0 aromatic heterocycles. The van der Waals surface area contributed by atoms with E-state index in [1.54, 1.807) is 0 Å². The molecule has 1 aliphatic carbocycles. The molecule has 13 heavy (non-hydrogen) atoms. The standard InChI is InChI=1S/C11H22N2/c1-9(2)8-13(10(3)12)11-6-4-5-7-11/h9,11-12H,4-8H2,1-3H3. The zero-order valence-electron chi connectivity index (χ0n) is 9.14. The average molecular weight is 182 g/mol. The molecule has 76 valence electrons. The minimum Gasteiger partial charge on any atom is -0.358 e. The molecule has 0 aliphatic heterocycles. The minimum absolute atomic E-state index is 0.667. The number of amidine groups is 1. The van der Waals surface area contributed by atoms with Gasteiger partial charge in [0.25, 0.3) is 0 Å². The van der Waals surface area contributed by atoms with Gasteiger partial charge in [0.15, 0.2) is 0 Å². The lowest BCUT2D eigenvalue weighted by molar-refractivity contribution is 0.280. The van der Waals surface area contributed by atoms with E-state index < -0.39 is 0 Å². The molecule has 0 radical (unpaired) electrons. The third-order valence-corrected chi connectivity index (χ3v) is 2.76. The average Bonchev–Trinajstić information content (AvgIpc) is 2.50. The summed E-state index contributed by atoms with van der Waals surface area (Å²) in [7, 11) is 0. The van der Waals surface area contributed by atoms with Crippen molar-refractivity contribution in [2.24, 2.45) is 5.92 Å². The highest BCUT2D eigenvalue weighted by molar-refractivity contribution is 5.76. The number of rotatable bonds is 3. The number of hydrogen-bond acceptors (Lipinski definition) is 1. The van der Waals surface area contributed by atoms with E-state index in [1.165, 1.54) is 25.7 Å². The molecule has 2 nitrogen and oxygen atoms in total. The highest BCUT2D eigenvalue weighted by Gasteiger charge is 2.23. The van der Waals surface area contributed by atoms with Gasteiger partial charge in [-0.2, -0.15) is 0 Å². The van der Waals surface area contributed by atoms with Crippen molar-refractivity contribution < 1.29 is 0 Å². The zero-order chi connectivity index (χ0) is 9.84. The maximum atomic E-state index is 7.74. The van der Waals surface area contributed by atoms with Crippen molar-refractivity contribution >= 4 is 5.84 Å². The molecule has 0 atom stereocenters. The molecule has 0 amide bonds. The first-order chi connectivity index (χ1) is 6.11. The zero-order valence-corrected chi connectivity index (χ0v) is 9.14. The third-order valence-electron chi connectivity index (χ3n) is 2.76. The molecular formula is C11H22N2. The third kappa shape index (κ3) is 3.02. The quantitative estimate of drug-likeness (QED) is 0.527. The summed E-state index contributed by atoms with van der Waals surface area (Å²) in [5, 5.41) is 7.74. The van der Waals surface area contributed by atoms with E-state index in [-0.39, 0.29) is 0 Å². The molecule has 0 unspecified atom stereocenters. The lowest BCUT2D eigenvalue weighted by Gasteiger charge is -2.31. The highest BCUT2D eigenvalue weighted by atomic mass is 15.2. The Morgan fingerprint density at radius 2 is 1.92 bits per heavy atom. The van der Waals surface area contributed by atoms with Gasteiger partial charge in [0.05, 0.1) is 5.84 Å². The minimum atomic E-state index is 0.667. The van der Waals surface area contributed by atoms with E-state index in [1.807, 2.05) is 6.92 Å². The van der Waals surface area contributed by atoms with Crippen LogP contribution >= 0.6 is 0 Å².